The molecule has 1 aliphatic rings. The minimum atomic E-state index is 0.159. The van der Waals surface area contributed by atoms with E-state index in [9.17, 15) is 4.79 Å². The van der Waals surface area contributed by atoms with Gasteiger partial charge in [0.1, 0.15) is 5.69 Å². The predicted molar refractivity (Wildman–Crippen MR) is 91.5 cm³/mol. The standard InChI is InChI=1S/C17H18N4O2S/c1-11-9-14(23-20-11)13-10-21(7-6-18-17(22)12-4-5-12)19-16(13)15-3-2-8-24-15/h2-3,8-10,12H,4-7H2,1H3,(H,18,22). The van der Waals surface area contributed by atoms with Crippen LogP contribution < -0.4 is 5.32 Å². The van der Waals surface area contributed by atoms with Crippen molar-refractivity contribution >= 4 is 17.2 Å². The molecule has 0 aliphatic heterocycles. The first-order chi connectivity index (χ1) is 11.7. The highest BCUT2D eigenvalue weighted by Gasteiger charge is 2.29. The van der Waals surface area contributed by atoms with Crippen molar-refractivity contribution < 1.29 is 9.32 Å². The number of nitrogens with zero attached hydrogens (tertiary/aromatic N) is 3. The third kappa shape index (κ3) is 3.12. The van der Waals surface area contributed by atoms with Crippen LogP contribution in [0.1, 0.15) is 18.5 Å². The number of nitrogens with one attached hydrogen (secondary N) is 1. The van der Waals surface area contributed by atoms with Crippen molar-refractivity contribution in [2.24, 2.45) is 5.92 Å². The molecule has 6 nitrogen and oxygen atoms in total. The van der Waals surface area contributed by atoms with E-state index in [0.29, 0.717) is 18.8 Å². The van der Waals surface area contributed by atoms with Crippen molar-refractivity contribution in [1.82, 2.24) is 20.3 Å². The van der Waals surface area contributed by atoms with E-state index in [1.807, 2.05) is 41.4 Å². The largest absolute Gasteiger partial charge is 0.356 e. The van der Waals surface area contributed by atoms with Gasteiger partial charge in [0.25, 0.3) is 0 Å². The number of carbonyl (C=O) groups is 1. The molecule has 1 amide bonds. The summed E-state index contributed by atoms with van der Waals surface area (Å²) in [6, 6.07) is 5.95. The molecule has 7 heteroatoms. The fourth-order valence-electron chi connectivity index (χ4n) is 2.59. The van der Waals surface area contributed by atoms with Crippen LogP contribution in [-0.4, -0.2) is 27.4 Å². The predicted octanol–water partition coefficient (Wildman–Crippen LogP) is 3.10. The molecule has 0 saturated heterocycles. The molecule has 0 aromatic carbocycles. The van der Waals surface area contributed by atoms with Crippen molar-refractivity contribution in [3.8, 4) is 21.9 Å². The van der Waals surface area contributed by atoms with Gasteiger partial charge in [0.05, 0.1) is 22.7 Å². The number of hydrogen-bond acceptors (Lipinski definition) is 5. The van der Waals surface area contributed by atoms with Crippen LogP contribution in [0.5, 0.6) is 0 Å². The molecule has 124 valence electrons. The second kappa shape index (κ2) is 6.24. The quantitative estimate of drug-likeness (QED) is 0.747. The van der Waals surface area contributed by atoms with Crippen LogP contribution in [0.15, 0.2) is 34.3 Å². The Kier molecular flexibility index (Phi) is 3.93. The average molecular weight is 342 g/mol. The average Bonchev–Trinajstić information content (AvgIpc) is 2.97. The number of thiophene rings is 1. The van der Waals surface area contributed by atoms with Crippen LogP contribution in [0.25, 0.3) is 21.9 Å². The lowest BCUT2D eigenvalue weighted by molar-refractivity contribution is -0.122. The second-order valence-electron chi connectivity index (χ2n) is 6.03. The molecule has 1 fully saturated rings. The molecule has 1 aliphatic carbocycles. The van der Waals surface area contributed by atoms with Crippen molar-refractivity contribution in [3.05, 3.63) is 35.5 Å². The summed E-state index contributed by atoms with van der Waals surface area (Å²) >= 11 is 1.64. The summed E-state index contributed by atoms with van der Waals surface area (Å²) in [5.74, 6) is 1.10. The number of carbonyl (C=O) groups excluding carboxylic acids is 1. The molecule has 1 N–H and O–H groups in total. The Morgan fingerprint density at radius 1 is 1.50 bits per heavy atom. The molecule has 3 aromatic heterocycles. The molecule has 4 rings (SSSR count). The summed E-state index contributed by atoms with van der Waals surface area (Å²) in [4.78, 5) is 12.8. The zero-order chi connectivity index (χ0) is 16.5. The van der Waals surface area contributed by atoms with Gasteiger partial charge in [0.2, 0.25) is 5.91 Å². The van der Waals surface area contributed by atoms with Crippen molar-refractivity contribution in [2.75, 3.05) is 6.54 Å². The molecule has 0 atom stereocenters. The fraction of sp³-hybridized carbons (Fsp3) is 0.353. The van der Waals surface area contributed by atoms with E-state index >= 15 is 0 Å². The van der Waals surface area contributed by atoms with E-state index in [2.05, 4.69) is 15.6 Å². The number of rotatable bonds is 6. The molecule has 24 heavy (non-hydrogen) atoms. The zero-order valence-electron chi connectivity index (χ0n) is 13.4. The Bertz CT molecular complexity index is 846. The summed E-state index contributed by atoms with van der Waals surface area (Å²) in [6.45, 7) is 3.11. The molecular formula is C17H18N4O2S. The van der Waals surface area contributed by atoms with Crippen LogP contribution in [0.2, 0.25) is 0 Å². The molecule has 3 heterocycles. The van der Waals surface area contributed by atoms with Crippen LogP contribution in [0, 0.1) is 12.8 Å². The fourth-order valence-corrected chi connectivity index (χ4v) is 3.31. The monoisotopic (exact) mass is 342 g/mol. The molecular weight excluding hydrogens is 324 g/mol. The van der Waals surface area contributed by atoms with E-state index in [4.69, 9.17) is 4.52 Å². The summed E-state index contributed by atoms with van der Waals surface area (Å²) in [5, 5.41) is 13.6. The molecule has 0 bridgehead atoms. The highest BCUT2D eigenvalue weighted by Crippen LogP contribution is 2.34. The lowest BCUT2D eigenvalue weighted by Gasteiger charge is -2.03. The first-order valence-corrected chi connectivity index (χ1v) is 8.91. The Hall–Kier alpha value is -2.41. The normalized spacial score (nSPS) is 14.0. The maximum Gasteiger partial charge on any atom is 0.223 e. The lowest BCUT2D eigenvalue weighted by Crippen LogP contribution is -2.28. The van der Waals surface area contributed by atoms with Crippen LogP contribution in [0.4, 0.5) is 0 Å². The summed E-state index contributed by atoms with van der Waals surface area (Å²) in [5.41, 5.74) is 2.65. The van der Waals surface area contributed by atoms with Gasteiger partial charge in [0.15, 0.2) is 5.76 Å². The minimum absolute atomic E-state index is 0.159. The van der Waals surface area contributed by atoms with Gasteiger partial charge in [-0.3, -0.25) is 9.48 Å². The second-order valence-corrected chi connectivity index (χ2v) is 6.98. The zero-order valence-corrected chi connectivity index (χ0v) is 14.2. The van der Waals surface area contributed by atoms with E-state index in [0.717, 1.165) is 34.7 Å². The van der Waals surface area contributed by atoms with Crippen LogP contribution >= 0.6 is 11.3 Å². The summed E-state index contributed by atoms with van der Waals surface area (Å²) in [7, 11) is 0. The highest BCUT2D eigenvalue weighted by atomic mass is 32.1. The SMILES string of the molecule is Cc1cc(-c2cn(CCNC(=O)C3CC3)nc2-c2cccs2)on1. The summed E-state index contributed by atoms with van der Waals surface area (Å²) < 4.78 is 7.27. The maximum absolute atomic E-state index is 11.7. The third-order valence-corrected chi connectivity index (χ3v) is 4.87. The van der Waals surface area contributed by atoms with Crippen LogP contribution in [-0.2, 0) is 11.3 Å². The van der Waals surface area contributed by atoms with E-state index in [1.165, 1.54) is 0 Å². The van der Waals surface area contributed by atoms with Crippen molar-refractivity contribution in [2.45, 2.75) is 26.3 Å². The molecule has 1 saturated carbocycles. The Balaban J connectivity index is 1.55. The number of aromatic nitrogens is 3. The highest BCUT2D eigenvalue weighted by molar-refractivity contribution is 7.13. The van der Waals surface area contributed by atoms with E-state index < -0.39 is 0 Å². The number of aryl methyl sites for hydroxylation is 1. The molecule has 0 radical (unpaired) electrons. The third-order valence-electron chi connectivity index (χ3n) is 4.00. The van der Waals surface area contributed by atoms with Gasteiger partial charge in [-0.1, -0.05) is 11.2 Å². The Morgan fingerprint density at radius 2 is 2.38 bits per heavy atom. The molecule has 0 spiro atoms. The molecule has 3 aromatic rings. The van der Waals surface area contributed by atoms with Gasteiger partial charge in [0, 0.05) is 24.7 Å². The first kappa shape index (κ1) is 15.1. The summed E-state index contributed by atoms with van der Waals surface area (Å²) in [6.07, 6.45) is 3.99. The van der Waals surface area contributed by atoms with Gasteiger partial charge in [-0.25, -0.2) is 0 Å². The minimum Gasteiger partial charge on any atom is -0.356 e. The lowest BCUT2D eigenvalue weighted by atomic mass is 10.1. The number of amides is 1. The van der Waals surface area contributed by atoms with Gasteiger partial charge in [-0.2, -0.15) is 5.10 Å². The van der Waals surface area contributed by atoms with Crippen molar-refractivity contribution in [1.29, 1.82) is 0 Å². The van der Waals surface area contributed by atoms with Gasteiger partial charge < -0.3 is 9.84 Å². The van der Waals surface area contributed by atoms with Crippen molar-refractivity contribution in [3.63, 3.8) is 0 Å². The van der Waals surface area contributed by atoms with E-state index in [1.54, 1.807) is 11.3 Å². The van der Waals surface area contributed by atoms with Gasteiger partial charge in [-0.15, -0.1) is 11.3 Å². The van der Waals surface area contributed by atoms with Crippen LogP contribution in [0.3, 0.4) is 0 Å². The number of hydrogen-bond donors (Lipinski definition) is 1. The Morgan fingerprint density at radius 3 is 3.04 bits per heavy atom. The molecule has 0 unspecified atom stereocenters. The first-order valence-electron chi connectivity index (χ1n) is 8.03. The Labute approximate surface area is 143 Å². The van der Waals surface area contributed by atoms with Gasteiger partial charge in [-0.05, 0) is 31.2 Å². The van der Waals surface area contributed by atoms with E-state index in [-0.39, 0.29) is 11.8 Å². The topological polar surface area (TPSA) is 73.0 Å². The smallest absolute Gasteiger partial charge is 0.223 e. The van der Waals surface area contributed by atoms with Gasteiger partial charge >= 0.3 is 0 Å². The maximum atomic E-state index is 11.7.